The van der Waals surface area contributed by atoms with Crippen molar-refractivity contribution in [2.75, 3.05) is 6.54 Å². The van der Waals surface area contributed by atoms with E-state index in [1.54, 1.807) is 18.2 Å². The molecule has 0 bridgehead atoms. The molecule has 17 heavy (non-hydrogen) atoms. The molecule has 0 saturated carbocycles. The second-order valence-electron chi connectivity index (χ2n) is 3.94. The number of rotatable bonds is 5. The molecule has 0 radical (unpaired) electrons. The van der Waals surface area contributed by atoms with E-state index in [9.17, 15) is 9.90 Å². The molecular formula is C14H17NO2. The standard InChI is InChI=1S/C14H17NO2/c1-3-4-5-6-9-15-14(17)12-8-7-11(2)10-13(12)16/h1,7-8,10,16H,4-6,9H2,2H3,(H,15,17). The van der Waals surface area contributed by atoms with Crippen LogP contribution in [0.1, 0.15) is 35.2 Å². The Bertz CT molecular complexity index is 432. The van der Waals surface area contributed by atoms with Crippen LogP contribution < -0.4 is 5.32 Å². The topological polar surface area (TPSA) is 49.3 Å². The average molecular weight is 231 g/mol. The number of amides is 1. The molecule has 0 aliphatic heterocycles. The summed E-state index contributed by atoms with van der Waals surface area (Å²) in [4.78, 5) is 11.7. The maximum atomic E-state index is 11.7. The summed E-state index contributed by atoms with van der Waals surface area (Å²) in [6.45, 7) is 2.44. The largest absolute Gasteiger partial charge is 0.507 e. The van der Waals surface area contributed by atoms with Gasteiger partial charge in [-0.1, -0.05) is 6.07 Å². The number of terminal acetylenes is 1. The molecule has 1 aromatic rings. The van der Waals surface area contributed by atoms with Crippen molar-refractivity contribution < 1.29 is 9.90 Å². The minimum absolute atomic E-state index is 0.0196. The zero-order valence-electron chi connectivity index (χ0n) is 9.99. The minimum Gasteiger partial charge on any atom is -0.507 e. The van der Waals surface area contributed by atoms with E-state index in [2.05, 4.69) is 11.2 Å². The highest BCUT2D eigenvalue weighted by atomic mass is 16.3. The van der Waals surface area contributed by atoms with Crippen LogP contribution in [0.5, 0.6) is 5.75 Å². The number of aryl methyl sites for hydroxylation is 1. The van der Waals surface area contributed by atoms with Gasteiger partial charge in [-0.3, -0.25) is 4.79 Å². The van der Waals surface area contributed by atoms with Crippen LogP contribution in [0.4, 0.5) is 0 Å². The van der Waals surface area contributed by atoms with Crippen molar-refractivity contribution in [1.29, 1.82) is 0 Å². The van der Waals surface area contributed by atoms with Gasteiger partial charge in [0.15, 0.2) is 0 Å². The number of aromatic hydroxyl groups is 1. The Balaban J connectivity index is 2.45. The van der Waals surface area contributed by atoms with Crippen molar-refractivity contribution in [2.24, 2.45) is 0 Å². The van der Waals surface area contributed by atoms with Gasteiger partial charge in [0.05, 0.1) is 5.56 Å². The zero-order chi connectivity index (χ0) is 12.7. The number of carbonyl (C=O) groups excluding carboxylic acids is 1. The molecule has 90 valence electrons. The third kappa shape index (κ3) is 4.20. The lowest BCUT2D eigenvalue weighted by Crippen LogP contribution is -2.24. The predicted octanol–water partition coefficient (Wildman–Crippen LogP) is 2.23. The minimum atomic E-state index is -0.247. The van der Waals surface area contributed by atoms with Crippen molar-refractivity contribution in [3.8, 4) is 18.1 Å². The lowest BCUT2D eigenvalue weighted by molar-refractivity contribution is 0.0950. The van der Waals surface area contributed by atoms with Crippen LogP contribution in [0.15, 0.2) is 18.2 Å². The smallest absolute Gasteiger partial charge is 0.255 e. The zero-order valence-corrected chi connectivity index (χ0v) is 9.99. The summed E-state index contributed by atoms with van der Waals surface area (Å²) in [5.74, 6) is 2.32. The van der Waals surface area contributed by atoms with Gasteiger partial charge in [0.25, 0.3) is 5.91 Å². The van der Waals surface area contributed by atoms with Crippen molar-refractivity contribution in [3.63, 3.8) is 0 Å². The Hall–Kier alpha value is -1.95. The summed E-state index contributed by atoms with van der Waals surface area (Å²) in [5.41, 5.74) is 1.24. The van der Waals surface area contributed by atoms with E-state index in [0.717, 1.165) is 24.8 Å². The number of phenols is 1. The van der Waals surface area contributed by atoms with Gasteiger partial charge in [-0.05, 0) is 37.5 Å². The average Bonchev–Trinajstić information content (AvgIpc) is 2.28. The van der Waals surface area contributed by atoms with E-state index in [4.69, 9.17) is 6.42 Å². The van der Waals surface area contributed by atoms with Gasteiger partial charge >= 0.3 is 0 Å². The molecule has 0 fully saturated rings. The second kappa shape index (κ2) is 6.59. The van der Waals surface area contributed by atoms with E-state index < -0.39 is 0 Å². The molecular weight excluding hydrogens is 214 g/mol. The number of phenolic OH excluding ortho intramolecular Hbond substituents is 1. The molecule has 2 N–H and O–H groups in total. The molecule has 1 rings (SSSR count). The van der Waals surface area contributed by atoms with Gasteiger partial charge in [0.2, 0.25) is 0 Å². The molecule has 0 unspecified atom stereocenters. The molecule has 3 nitrogen and oxygen atoms in total. The number of hydrogen-bond donors (Lipinski definition) is 2. The number of nitrogens with one attached hydrogen (secondary N) is 1. The highest BCUT2D eigenvalue weighted by Crippen LogP contribution is 2.17. The maximum absolute atomic E-state index is 11.7. The summed E-state index contributed by atoms with van der Waals surface area (Å²) in [5, 5.41) is 12.4. The summed E-state index contributed by atoms with van der Waals surface area (Å²) >= 11 is 0. The van der Waals surface area contributed by atoms with Crippen LogP contribution in [-0.2, 0) is 0 Å². The molecule has 1 amide bonds. The van der Waals surface area contributed by atoms with Gasteiger partial charge in [-0.2, -0.15) is 0 Å². The number of benzene rings is 1. The van der Waals surface area contributed by atoms with E-state index in [1.165, 1.54) is 0 Å². The van der Waals surface area contributed by atoms with E-state index >= 15 is 0 Å². The molecule has 1 aromatic carbocycles. The fourth-order valence-corrected chi connectivity index (χ4v) is 1.48. The van der Waals surface area contributed by atoms with Crippen molar-refractivity contribution in [1.82, 2.24) is 5.32 Å². The van der Waals surface area contributed by atoms with Gasteiger partial charge in [0.1, 0.15) is 5.75 Å². The lowest BCUT2D eigenvalue weighted by Gasteiger charge is -2.06. The van der Waals surface area contributed by atoms with Crippen molar-refractivity contribution in [3.05, 3.63) is 29.3 Å². The molecule has 0 saturated heterocycles. The molecule has 0 spiro atoms. The van der Waals surface area contributed by atoms with E-state index in [0.29, 0.717) is 12.1 Å². The quantitative estimate of drug-likeness (QED) is 0.603. The summed E-state index contributed by atoms with van der Waals surface area (Å²) < 4.78 is 0. The Morgan fingerprint density at radius 3 is 2.88 bits per heavy atom. The van der Waals surface area contributed by atoms with Gasteiger partial charge in [0, 0.05) is 13.0 Å². The van der Waals surface area contributed by atoms with E-state index in [-0.39, 0.29) is 11.7 Å². The van der Waals surface area contributed by atoms with Crippen LogP contribution in [0.3, 0.4) is 0 Å². The van der Waals surface area contributed by atoms with Gasteiger partial charge < -0.3 is 10.4 Å². The van der Waals surface area contributed by atoms with Crippen LogP contribution in [0.25, 0.3) is 0 Å². The normalized spacial score (nSPS) is 9.65. The Morgan fingerprint density at radius 2 is 2.24 bits per heavy atom. The third-order valence-electron chi connectivity index (χ3n) is 2.43. The number of hydrogen-bond acceptors (Lipinski definition) is 2. The fourth-order valence-electron chi connectivity index (χ4n) is 1.48. The SMILES string of the molecule is C#CCCCCNC(=O)c1ccc(C)cc1O. The van der Waals surface area contributed by atoms with Crippen molar-refractivity contribution in [2.45, 2.75) is 26.2 Å². The summed E-state index contributed by atoms with van der Waals surface area (Å²) in [6.07, 6.45) is 7.60. The first-order valence-corrected chi connectivity index (χ1v) is 5.66. The Kier molecular flexibility index (Phi) is 5.09. The first-order chi connectivity index (χ1) is 8.15. The van der Waals surface area contributed by atoms with Gasteiger partial charge in [-0.25, -0.2) is 0 Å². The second-order valence-corrected chi connectivity index (χ2v) is 3.94. The highest BCUT2D eigenvalue weighted by molar-refractivity contribution is 5.96. The number of carbonyl (C=O) groups is 1. The molecule has 0 atom stereocenters. The predicted molar refractivity (Wildman–Crippen MR) is 67.9 cm³/mol. The molecule has 0 aliphatic carbocycles. The van der Waals surface area contributed by atoms with Crippen LogP contribution >= 0.6 is 0 Å². The molecule has 0 aromatic heterocycles. The highest BCUT2D eigenvalue weighted by Gasteiger charge is 2.09. The maximum Gasteiger partial charge on any atom is 0.255 e. The van der Waals surface area contributed by atoms with Crippen LogP contribution in [-0.4, -0.2) is 17.6 Å². The molecule has 0 heterocycles. The van der Waals surface area contributed by atoms with E-state index in [1.807, 2.05) is 6.92 Å². The first kappa shape index (κ1) is 13.1. The van der Waals surface area contributed by atoms with Gasteiger partial charge in [-0.15, -0.1) is 12.3 Å². The van der Waals surface area contributed by atoms with Crippen LogP contribution in [0.2, 0.25) is 0 Å². The summed E-state index contributed by atoms with van der Waals surface area (Å²) in [7, 11) is 0. The molecule has 3 heteroatoms. The van der Waals surface area contributed by atoms with Crippen molar-refractivity contribution >= 4 is 5.91 Å². The third-order valence-corrected chi connectivity index (χ3v) is 2.43. The summed E-state index contributed by atoms with van der Waals surface area (Å²) in [6, 6.07) is 5.00. The fraction of sp³-hybridized carbons (Fsp3) is 0.357. The number of unbranched alkanes of at least 4 members (excludes halogenated alkanes) is 2. The lowest BCUT2D eigenvalue weighted by atomic mass is 10.1. The molecule has 0 aliphatic rings. The monoisotopic (exact) mass is 231 g/mol. The van der Waals surface area contributed by atoms with Crippen LogP contribution in [0, 0.1) is 19.3 Å². The Labute approximate surface area is 102 Å². The Morgan fingerprint density at radius 1 is 1.47 bits per heavy atom. The first-order valence-electron chi connectivity index (χ1n) is 5.66.